The molecule has 0 saturated heterocycles. The minimum absolute atomic E-state index is 0.0750. The summed E-state index contributed by atoms with van der Waals surface area (Å²) in [5.41, 5.74) is 7.65. The molecule has 4 heteroatoms. The zero-order chi connectivity index (χ0) is 24.8. The molecule has 0 aromatic heterocycles. The van der Waals surface area contributed by atoms with Crippen molar-refractivity contribution < 1.29 is 4.79 Å². The summed E-state index contributed by atoms with van der Waals surface area (Å²) in [6, 6.07) is 23.5. The van der Waals surface area contributed by atoms with Crippen molar-refractivity contribution in [1.82, 2.24) is 0 Å². The fraction of sp³-hybridized carbons (Fsp3) is 0.367. The highest BCUT2D eigenvalue weighted by molar-refractivity contribution is 5.99. The van der Waals surface area contributed by atoms with Gasteiger partial charge in [0.1, 0.15) is 0 Å². The molecule has 0 spiro atoms. The lowest BCUT2D eigenvalue weighted by Gasteiger charge is -2.30. The standard InChI is InChI=1S/C30H39N3O/c1-8-9-18-29(34)26-21-22(31(2)3)19-20-23(26)30(24-14-10-12-16-27(24)32(4)5)25-15-11-13-17-28(25)33(6)7/h10-17,19-21,30H,8-9,18H2,1-7H3. The Hall–Kier alpha value is -3.27. The summed E-state index contributed by atoms with van der Waals surface area (Å²) < 4.78 is 0. The Balaban J connectivity index is 2.36. The summed E-state index contributed by atoms with van der Waals surface area (Å²) in [5, 5.41) is 0. The third kappa shape index (κ3) is 5.44. The van der Waals surface area contributed by atoms with Gasteiger partial charge < -0.3 is 14.7 Å². The Bertz CT molecular complexity index is 1070. The first-order chi connectivity index (χ1) is 16.3. The maximum absolute atomic E-state index is 13.6. The smallest absolute Gasteiger partial charge is 0.163 e. The summed E-state index contributed by atoms with van der Waals surface area (Å²) in [6.45, 7) is 2.13. The minimum Gasteiger partial charge on any atom is -0.378 e. The molecule has 0 aliphatic heterocycles. The van der Waals surface area contributed by atoms with Gasteiger partial charge in [-0.1, -0.05) is 55.8 Å². The van der Waals surface area contributed by atoms with Crippen molar-refractivity contribution in [3.05, 3.63) is 89.0 Å². The van der Waals surface area contributed by atoms with Crippen molar-refractivity contribution in [3.8, 4) is 0 Å². The highest BCUT2D eigenvalue weighted by Gasteiger charge is 2.27. The molecule has 4 nitrogen and oxygen atoms in total. The molecular formula is C30H39N3O. The van der Waals surface area contributed by atoms with Crippen molar-refractivity contribution in [1.29, 1.82) is 0 Å². The number of carbonyl (C=O) groups excluding carboxylic acids is 1. The summed E-state index contributed by atoms with van der Waals surface area (Å²) in [4.78, 5) is 20.0. The van der Waals surface area contributed by atoms with Crippen LogP contribution in [-0.2, 0) is 0 Å². The van der Waals surface area contributed by atoms with E-state index in [2.05, 4.69) is 117 Å². The zero-order valence-corrected chi connectivity index (χ0v) is 21.8. The van der Waals surface area contributed by atoms with Crippen LogP contribution < -0.4 is 14.7 Å². The van der Waals surface area contributed by atoms with Gasteiger partial charge in [-0.15, -0.1) is 0 Å². The van der Waals surface area contributed by atoms with Gasteiger partial charge in [-0.3, -0.25) is 4.79 Å². The van der Waals surface area contributed by atoms with Gasteiger partial charge in [0, 0.05) is 77.3 Å². The predicted molar refractivity (Wildman–Crippen MR) is 147 cm³/mol. The number of unbranched alkanes of at least 4 members (excludes halogenated alkanes) is 1. The van der Waals surface area contributed by atoms with Gasteiger partial charge in [-0.2, -0.15) is 0 Å². The van der Waals surface area contributed by atoms with Crippen LogP contribution in [0.1, 0.15) is 59.2 Å². The summed E-state index contributed by atoms with van der Waals surface area (Å²) in [6.07, 6.45) is 2.47. The molecule has 180 valence electrons. The molecule has 0 fully saturated rings. The van der Waals surface area contributed by atoms with Gasteiger partial charge in [0.15, 0.2) is 5.78 Å². The first kappa shape index (κ1) is 25.4. The third-order valence-electron chi connectivity index (χ3n) is 6.38. The van der Waals surface area contributed by atoms with E-state index in [0.717, 1.165) is 41.0 Å². The number of hydrogen-bond donors (Lipinski definition) is 0. The Morgan fingerprint density at radius 1 is 0.706 bits per heavy atom. The topological polar surface area (TPSA) is 26.8 Å². The zero-order valence-electron chi connectivity index (χ0n) is 21.8. The van der Waals surface area contributed by atoms with Crippen molar-refractivity contribution in [2.45, 2.75) is 32.1 Å². The van der Waals surface area contributed by atoms with Crippen LogP contribution in [-0.4, -0.2) is 48.1 Å². The van der Waals surface area contributed by atoms with Crippen LogP contribution in [0.3, 0.4) is 0 Å². The molecule has 0 saturated carbocycles. The number of carbonyl (C=O) groups is 1. The molecule has 3 rings (SSSR count). The van der Waals surface area contributed by atoms with Gasteiger partial charge >= 0.3 is 0 Å². The van der Waals surface area contributed by atoms with Gasteiger partial charge in [0.25, 0.3) is 0 Å². The van der Waals surface area contributed by atoms with Crippen LogP contribution in [0, 0.1) is 0 Å². The average Bonchev–Trinajstić information content (AvgIpc) is 2.83. The minimum atomic E-state index is -0.0750. The number of ketones is 1. The van der Waals surface area contributed by atoms with Crippen molar-refractivity contribution in [2.75, 3.05) is 57.0 Å². The number of nitrogens with zero attached hydrogens (tertiary/aromatic N) is 3. The lowest BCUT2D eigenvalue weighted by Crippen LogP contribution is -2.19. The van der Waals surface area contributed by atoms with E-state index in [4.69, 9.17) is 0 Å². The highest BCUT2D eigenvalue weighted by atomic mass is 16.1. The second kappa shape index (κ2) is 11.2. The fourth-order valence-corrected chi connectivity index (χ4v) is 4.57. The number of hydrogen-bond acceptors (Lipinski definition) is 4. The molecule has 0 N–H and O–H groups in total. The summed E-state index contributed by atoms with van der Waals surface area (Å²) in [7, 11) is 12.4. The van der Waals surface area contributed by atoms with Crippen LogP contribution in [0.2, 0.25) is 0 Å². The maximum atomic E-state index is 13.6. The van der Waals surface area contributed by atoms with Gasteiger partial charge in [-0.25, -0.2) is 0 Å². The van der Waals surface area contributed by atoms with Crippen LogP contribution in [0.15, 0.2) is 66.7 Å². The molecule has 0 bridgehead atoms. The number of para-hydroxylation sites is 2. The van der Waals surface area contributed by atoms with Crippen molar-refractivity contribution >= 4 is 22.8 Å². The Kier molecular flexibility index (Phi) is 8.38. The largest absolute Gasteiger partial charge is 0.378 e. The average molecular weight is 458 g/mol. The number of rotatable bonds is 10. The fourth-order valence-electron chi connectivity index (χ4n) is 4.57. The first-order valence-electron chi connectivity index (χ1n) is 12.1. The third-order valence-corrected chi connectivity index (χ3v) is 6.38. The van der Waals surface area contributed by atoms with Crippen LogP contribution >= 0.6 is 0 Å². The molecule has 3 aromatic rings. The normalized spacial score (nSPS) is 10.9. The van der Waals surface area contributed by atoms with Crippen molar-refractivity contribution in [3.63, 3.8) is 0 Å². The van der Waals surface area contributed by atoms with E-state index >= 15 is 0 Å². The predicted octanol–water partition coefficient (Wildman–Crippen LogP) is 6.44. The lowest BCUT2D eigenvalue weighted by atomic mass is 9.79. The van der Waals surface area contributed by atoms with E-state index in [-0.39, 0.29) is 11.7 Å². The van der Waals surface area contributed by atoms with E-state index in [1.807, 2.05) is 14.1 Å². The number of Topliss-reactive ketones (excluding diaryl/α,β-unsaturated/α-hetero) is 1. The second-order valence-electron chi connectivity index (χ2n) is 9.53. The molecule has 0 aliphatic carbocycles. The molecule has 0 aliphatic rings. The number of anilines is 3. The summed E-state index contributed by atoms with van der Waals surface area (Å²) in [5.74, 6) is 0.143. The van der Waals surface area contributed by atoms with Crippen LogP contribution in [0.4, 0.5) is 17.1 Å². The summed E-state index contributed by atoms with van der Waals surface area (Å²) >= 11 is 0. The monoisotopic (exact) mass is 457 g/mol. The molecule has 0 atom stereocenters. The molecular weight excluding hydrogens is 418 g/mol. The van der Waals surface area contributed by atoms with E-state index in [1.165, 1.54) is 11.1 Å². The highest BCUT2D eigenvalue weighted by Crippen LogP contribution is 2.42. The van der Waals surface area contributed by atoms with Crippen molar-refractivity contribution in [2.24, 2.45) is 0 Å². The first-order valence-corrected chi connectivity index (χ1v) is 12.1. The Labute approximate surface area is 205 Å². The van der Waals surface area contributed by atoms with E-state index in [9.17, 15) is 4.79 Å². The van der Waals surface area contributed by atoms with E-state index in [1.54, 1.807) is 0 Å². The lowest BCUT2D eigenvalue weighted by molar-refractivity contribution is 0.0979. The molecule has 0 radical (unpaired) electrons. The van der Waals surface area contributed by atoms with Gasteiger partial charge in [-0.05, 0) is 47.4 Å². The molecule has 0 heterocycles. The molecule has 34 heavy (non-hydrogen) atoms. The van der Waals surface area contributed by atoms with Crippen LogP contribution in [0.5, 0.6) is 0 Å². The van der Waals surface area contributed by atoms with Crippen LogP contribution in [0.25, 0.3) is 0 Å². The molecule has 3 aromatic carbocycles. The van der Waals surface area contributed by atoms with Gasteiger partial charge in [0.05, 0.1) is 0 Å². The molecule has 0 amide bonds. The molecule has 0 unspecified atom stereocenters. The van der Waals surface area contributed by atoms with E-state index < -0.39 is 0 Å². The Morgan fingerprint density at radius 3 is 1.71 bits per heavy atom. The second-order valence-corrected chi connectivity index (χ2v) is 9.53. The van der Waals surface area contributed by atoms with Gasteiger partial charge in [0.2, 0.25) is 0 Å². The number of benzene rings is 3. The Morgan fingerprint density at radius 2 is 1.24 bits per heavy atom. The van der Waals surface area contributed by atoms with E-state index in [0.29, 0.717) is 6.42 Å². The SMILES string of the molecule is CCCCC(=O)c1cc(N(C)C)ccc1C(c1ccccc1N(C)C)c1ccccc1N(C)C. The maximum Gasteiger partial charge on any atom is 0.163 e. The quantitative estimate of drug-likeness (QED) is 0.259.